The van der Waals surface area contributed by atoms with Crippen molar-refractivity contribution in [1.82, 2.24) is 9.62 Å². The van der Waals surface area contributed by atoms with E-state index in [9.17, 15) is 18.3 Å². The number of sulfonamides is 1. The van der Waals surface area contributed by atoms with Crippen molar-refractivity contribution in [2.75, 3.05) is 19.6 Å². The number of hydrogen-bond donors (Lipinski definition) is 2. The summed E-state index contributed by atoms with van der Waals surface area (Å²) in [5, 5.41) is 12.9. The molecule has 1 saturated carbocycles. The largest absolute Gasteiger partial charge is 0.391 e. The van der Waals surface area contributed by atoms with Crippen molar-refractivity contribution in [2.24, 2.45) is 11.8 Å². The van der Waals surface area contributed by atoms with Gasteiger partial charge in [0.2, 0.25) is 0 Å². The Labute approximate surface area is 159 Å². The maximum Gasteiger partial charge on any atom is 0.261 e. The van der Waals surface area contributed by atoms with Crippen LogP contribution in [0.2, 0.25) is 0 Å². The van der Waals surface area contributed by atoms with Crippen LogP contribution in [-0.2, 0) is 10.0 Å². The summed E-state index contributed by atoms with van der Waals surface area (Å²) >= 11 is 1.00. The van der Waals surface area contributed by atoms with E-state index in [2.05, 4.69) is 12.2 Å². The number of nitrogens with one attached hydrogen (secondary N) is 1. The first-order valence-corrected chi connectivity index (χ1v) is 11.7. The van der Waals surface area contributed by atoms with Crippen molar-refractivity contribution < 1.29 is 18.3 Å². The Balaban J connectivity index is 1.58. The number of carbonyl (C=O) groups is 1. The van der Waals surface area contributed by atoms with Gasteiger partial charge in [0.1, 0.15) is 4.21 Å². The zero-order valence-electron chi connectivity index (χ0n) is 15.2. The lowest BCUT2D eigenvalue weighted by Gasteiger charge is -2.28. The average molecular weight is 401 g/mol. The molecular weight excluding hydrogens is 372 g/mol. The van der Waals surface area contributed by atoms with E-state index in [1.165, 1.54) is 10.4 Å². The summed E-state index contributed by atoms with van der Waals surface area (Å²) < 4.78 is 27.2. The van der Waals surface area contributed by atoms with Crippen LogP contribution in [0.25, 0.3) is 0 Å². The van der Waals surface area contributed by atoms with Gasteiger partial charge in [0.05, 0.1) is 11.0 Å². The first-order chi connectivity index (χ1) is 12.4. The Morgan fingerprint density at radius 3 is 2.58 bits per heavy atom. The van der Waals surface area contributed by atoms with Gasteiger partial charge >= 0.3 is 0 Å². The van der Waals surface area contributed by atoms with E-state index in [1.807, 2.05) is 0 Å². The molecule has 1 amide bonds. The Morgan fingerprint density at radius 1 is 1.27 bits per heavy atom. The highest BCUT2D eigenvalue weighted by Crippen LogP contribution is 2.29. The third kappa shape index (κ3) is 4.47. The number of piperidine rings is 1. The monoisotopic (exact) mass is 400 g/mol. The van der Waals surface area contributed by atoms with Crippen molar-refractivity contribution in [3.63, 3.8) is 0 Å². The van der Waals surface area contributed by atoms with Crippen molar-refractivity contribution in [2.45, 2.75) is 55.8 Å². The summed E-state index contributed by atoms with van der Waals surface area (Å²) in [6.07, 6.45) is 5.50. The van der Waals surface area contributed by atoms with Crippen LogP contribution in [0.3, 0.4) is 0 Å². The Hall–Kier alpha value is -0.960. The molecule has 0 bridgehead atoms. The second kappa shape index (κ2) is 8.37. The minimum Gasteiger partial charge on any atom is -0.391 e. The summed E-state index contributed by atoms with van der Waals surface area (Å²) in [5.74, 6) is 0.495. The maximum atomic E-state index is 12.7. The summed E-state index contributed by atoms with van der Waals surface area (Å²) in [4.78, 5) is 12.7. The number of carbonyl (C=O) groups excluding carboxylic acids is 1. The van der Waals surface area contributed by atoms with Crippen molar-refractivity contribution in [3.8, 4) is 0 Å². The van der Waals surface area contributed by atoms with E-state index in [4.69, 9.17) is 0 Å². The molecule has 1 saturated heterocycles. The zero-order valence-corrected chi connectivity index (χ0v) is 16.8. The molecule has 26 heavy (non-hydrogen) atoms. The number of amides is 1. The fourth-order valence-electron chi connectivity index (χ4n) is 3.73. The van der Waals surface area contributed by atoms with Crippen LogP contribution in [0.5, 0.6) is 0 Å². The van der Waals surface area contributed by atoms with Gasteiger partial charge in [-0.05, 0) is 49.7 Å². The summed E-state index contributed by atoms with van der Waals surface area (Å²) in [6.45, 7) is 3.43. The lowest BCUT2D eigenvalue weighted by atomic mass is 10.0. The van der Waals surface area contributed by atoms with Crippen LogP contribution in [0.15, 0.2) is 16.3 Å². The number of rotatable bonds is 6. The zero-order chi connectivity index (χ0) is 18.7. The molecule has 0 spiro atoms. The van der Waals surface area contributed by atoms with Crippen LogP contribution in [-0.4, -0.2) is 49.5 Å². The highest BCUT2D eigenvalue weighted by Gasteiger charge is 2.30. The van der Waals surface area contributed by atoms with E-state index in [1.54, 1.807) is 6.07 Å². The molecule has 3 rings (SSSR count). The molecule has 2 N–H and O–H groups in total. The second-order valence-electron chi connectivity index (χ2n) is 7.53. The van der Waals surface area contributed by atoms with Gasteiger partial charge in [-0.25, -0.2) is 8.42 Å². The molecule has 8 heteroatoms. The topological polar surface area (TPSA) is 86.7 Å². The SMILES string of the molecule is CC1CCN(S(=O)(=O)c2ccc(C(=O)NCC(O)C3CCCC3)s2)CC1. The second-order valence-corrected chi connectivity index (χ2v) is 10.8. The van der Waals surface area contributed by atoms with Crippen LogP contribution >= 0.6 is 11.3 Å². The predicted molar refractivity (Wildman–Crippen MR) is 102 cm³/mol. The lowest BCUT2D eigenvalue weighted by Crippen LogP contribution is -2.37. The van der Waals surface area contributed by atoms with Gasteiger partial charge < -0.3 is 10.4 Å². The number of aliphatic hydroxyl groups excluding tert-OH is 1. The molecule has 1 atom stereocenters. The molecule has 1 aromatic heterocycles. The molecule has 146 valence electrons. The van der Waals surface area contributed by atoms with E-state index >= 15 is 0 Å². The Morgan fingerprint density at radius 2 is 1.92 bits per heavy atom. The van der Waals surface area contributed by atoms with Gasteiger partial charge in [-0.3, -0.25) is 4.79 Å². The Kier molecular flexibility index (Phi) is 6.37. The highest BCUT2D eigenvalue weighted by molar-refractivity contribution is 7.91. The van der Waals surface area contributed by atoms with Crippen LogP contribution < -0.4 is 5.32 Å². The number of thiophene rings is 1. The average Bonchev–Trinajstić information content (AvgIpc) is 3.31. The van der Waals surface area contributed by atoms with Gasteiger partial charge in [0.15, 0.2) is 0 Å². The molecule has 6 nitrogen and oxygen atoms in total. The first kappa shape index (κ1) is 19.8. The molecule has 0 radical (unpaired) electrons. The van der Waals surface area contributed by atoms with Crippen LogP contribution in [0.1, 0.15) is 55.1 Å². The number of hydrogen-bond acceptors (Lipinski definition) is 5. The summed E-state index contributed by atoms with van der Waals surface area (Å²) in [5.41, 5.74) is 0. The third-order valence-corrected chi connectivity index (χ3v) is 9.01. The third-order valence-electron chi connectivity index (χ3n) is 5.56. The van der Waals surface area contributed by atoms with Crippen molar-refractivity contribution in [3.05, 3.63) is 17.0 Å². The smallest absolute Gasteiger partial charge is 0.261 e. The van der Waals surface area contributed by atoms with Gasteiger partial charge in [0.25, 0.3) is 15.9 Å². The lowest BCUT2D eigenvalue weighted by molar-refractivity contribution is 0.0844. The van der Waals surface area contributed by atoms with Gasteiger partial charge in [-0.1, -0.05) is 19.8 Å². The molecule has 1 aliphatic heterocycles. The fourth-order valence-corrected chi connectivity index (χ4v) is 6.57. The fraction of sp³-hybridized carbons (Fsp3) is 0.722. The highest BCUT2D eigenvalue weighted by atomic mass is 32.2. The van der Waals surface area contributed by atoms with Gasteiger partial charge in [-0.15, -0.1) is 11.3 Å². The summed E-state index contributed by atoms with van der Waals surface area (Å²) in [7, 11) is -3.52. The molecule has 1 unspecified atom stereocenters. The van der Waals surface area contributed by atoms with E-state index in [-0.39, 0.29) is 22.6 Å². The van der Waals surface area contributed by atoms with E-state index < -0.39 is 16.1 Å². The van der Waals surface area contributed by atoms with E-state index in [0.717, 1.165) is 49.9 Å². The molecule has 1 aliphatic carbocycles. The van der Waals surface area contributed by atoms with E-state index in [0.29, 0.717) is 23.9 Å². The number of aliphatic hydroxyl groups is 1. The minimum absolute atomic E-state index is 0.216. The predicted octanol–water partition coefficient (Wildman–Crippen LogP) is 2.45. The maximum absolute atomic E-state index is 12.7. The van der Waals surface area contributed by atoms with Gasteiger partial charge in [-0.2, -0.15) is 4.31 Å². The first-order valence-electron chi connectivity index (χ1n) is 9.44. The normalized spacial score (nSPS) is 21.8. The standard InChI is InChI=1S/C18H28N2O4S2/c1-13-8-10-20(11-9-13)26(23,24)17-7-6-16(25-17)18(22)19-12-15(21)14-4-2-3-5-14/h6-7,13-15,21H,2-5,8-12H2,1H3,(H,19,22). The molecule has 1 aromatic rings. The summed E-state index contributed by atoms with van der Waals surface area (Å²) in [6, 6.07) is 3.07. The quantitative estimate of drug-likeness (QED) is 0.768. The Bertz CT molecular complexity index is 717. The van der Waals surface area contributed by atoms with Crippen molar-refractivity contribution in [1.29, 1.82) is 0 Å². The molecule has 2 heterocycles. The van der Waals surface area contributed by atoms with Crippen molar-refractivity contribution >= 4 is 27.3 Å². The van der Waals surface area contributed by atoms with Gasteiger partial charge in [0, 0.05) is 19.6 Å². The molecule has 2 aliphatic rings. The van der Waals surface area contributed by atoms with Crippen LogP contribution in [0.4, 0.5) is 0 Å². The molecule has 0 aromatic carbocycles. The van der Waals surface area contributed by atoms with Crippen LogP contribution in [0, 0.1) is 11.8 Å². The molecule has 2 fully saturated rings. The molecular formula is C18H28N2O4S2. The number of nitrogens with zero attached hydrogens (tertiary/aromatic N) is 1. The minimum atomic E-state index is -3.52.